The fourth-order valence-electron chi connectivity index (χ4n) is 3.54. The molecule has 1 fully saturated rings. The van der Waals surface area contributed by atoms with Gasteiger partial charge in [0.25, 0.3) is 11.8 Å². The molecule has 132 valence electrons. The molecule has 2 aliphatic rings. The van der Waals surface area contributed by atoms with Crippen LogP contribution in [0.3, 0.4) is 0 Å². The molecule has 0 aliphatic carbocycles. The zero-order valence-corrected chi connectivity index (χ0v) is 14.8. The Labute approximate surface area is 147 Å². The summed E-state index contributed by atoms with van der Waals surface area (Å²) < 4.78 is 0. The topological polar surface area (TPSA) is 91.6 Å². The Hall–Kier alpha value is -2.70. The van der Waals surface area contributed by atoms with Crippen molar-refractivity contribution in [2.24, 2.45) is 0 Å². The summed E-state index contributed by atoms with van der Waals surface area (Å²) in [5.41, 5.74) is 1.79. The third-order valence-electron chi connectivity index (χ3n) is 4.74. The summed E-state index contributed by atoms with van der Waals surface area (Å²) in [4.78, 5) is 30.5. The maximum atomic E-state index is 13.1. The minimum absolute atomic E-state index is 0.0759. The van der Waals surface area contributed by atoms with Crippen molar-refractivity contribution >= 4 is 29.2 Å². The van der Waals surface area contributed by atoms with Crippen molar-refractivity contribution in [2.75, 3.05) is 25.5 Å². The highest BCUT2D eigenvalue weighted by atomic mass is 16.2. The molecule has 2 aliphatic heterocycles. The Kier molecular flexibility index (Phi) is 4.32. The lowest BCUT2D eigenvalue weighted by molar-refractivity contribution is -0.132. The van der Waals surface area contributed by atoms with Crippen molar-refractivity contribution in [3.63, 3.8) is 0 Å². The number of benzene rings is 1. The molecule has 2 amide bonds. The summed E-state index contributed by atoms with van der Waals surface area (Å²) in [6.45, 7) is 2.42. The Morgan fingerprint density at radius 2 is 1.96 bits per heavy atom. The molecule has 2 heterocycles. The lowest BCUT2D eigenvalue weighted by Gasteiger charge is -2.36. The Morgan fingerprint density at radius 1 is 1.24 bits per heavy atom. The lowest BCUT2D eigenvalue weighted by Crippen LogP contribution is -2.56. The molecule has 0 spiro atoms. The van der Waals surface area contributed by atoms with E-state index >= 15 is 0 Å². The van der Waals surface area contributed by atoms with E-state index in [1.165, 1.54) is 9.80 Å². The van der Waals surface area contributed by atoms with Crippen LogP contribution in [0.2, 0.25) is 0 Å². The van der Waals surface area contributed by atoms with Crippen molar-refractivity contribution in [3.05, 3.63) is 29.3 Å². The van der Waals surface area contributed by atoms with Gasteiger partial charge in [-0.1, -0.05) is 19.1 Å². The van der Waals surface area contributed by atoms with Gasteiger partial charge in [-0.25, -0.2) is 0 Å². The molecule has 0 aromatic heterocycles. The third kappa shape index (κ3) is 2.59. The number of nitrogens with one attached hydrogen (secondary N) is 2. The molecule has 2 N–H and O–H groups in total. The number of anilines is 1. The summed E-state index contributed by atoms with van der Waals surface area (Å²) in [5.74, 6) is -0.178. The van der Waals surface area contributed by atoms with Crippen molar-refractivity contribution in [3.8, 4) is 0 Å². The molecule has 7 heteroatoms. The Morgan fingerprint density at radius 3 is 2.60 bits per heavy atom. The van der Waals surface area contributed by atoms with Crippen molar-refractivity contribution < 1.29 is 9.59 Å². The number of hydrogen-bond donors (Lipinski definition) is 2. The number of amides is 2. The summed E-state index contributed by atoms with van der Waals surface area (Å²) in [6, 6.07) is 4.71. The van der Waals surface area contributed by atoms with Gasteiger partial charge in [-0.05, 0) is 18.9 Å². The van der Waals surface area contributed by atoms with Gasteiger partial charge in [0, 0.05) is 38.3 Å². The molecule has 7 nitrogen and oxygen atoms in total. The normalized spacial score (nSPS) is 20.4. The van der Waals surface area contributed by atoms with Crippen LogP contribution < -0.4 is 4.90 Å². The molecule has 0 saturated carbocycles. The first-order valence-corrected chi connectivity index (χ1v) is 8.50. The van der Waals surface area contributed by atoms with Crippen LogP contribution in [0.15, 0.2) is 18.2 Å². The zero-order chi connectivity index (χ0) is 18.3. The minimum Gasteiger partial charge on any atom is -0.377 e. The summed E-state index contributed by atoms with van der Waals surface area (Å²) in [6.07, 6.45) is 1.57. The van der Waals surface area contributed by atoms with Gasteiger partial charge in [-0.3, -0.25) is 30.2 Å². The highest BCUT2D eigenvalue weighted by Gasteiger charge is 2.45. The van der Waals surface area contributed by atoms with Gasteiger partial charge < -0.3 is 4.90 Å². The average Bonchev–Trinajstić information content (AvgIpc) is 2.83. The third-order valence-corrected chi connectivity index (χ3v) is 4.74. The molecule has 1 saturated heterocycles. The van der Waals surface area contributed by atoms with Crippen LogP contribution in [0.4, 0.5) is 5.69 Å². The number of rotatable bonds is 4. The quantitative estimate of drug-likeness (QED) is 0.876. The maximum Gasteiger partial charge on any atom is 0.263 e. The average molecular weight is 341 g/mol. The Balaban J connectivity index is 1.98. The van der Waals surface area contributed by atoms with E-state index in [1.54, 1.807) is 6.07 Å². The predicted molar refractivity (Wildman–Crippen MR) is 96.5 cm³/mol. The second kappa shape index (κ2) is 6.31. The number of amidine groups is 2. The van der Waals surface area contributed by atoms with Crippen LogP contribution in [0.25, 0.3) is 0 Å². The summed E-state index contributed by atoms with van der Waals surface area (Å²) >= 11 is 0. The molecular weight excluding hydrogens is 318 g/mol. The summed E-state index contributed by atoms with van der Waals surface area (Å²) in [7, 11) is 3.70. The fourth-order valence-corrected chi connectivity index (χ4v) is 3.54. The molecule has 3 rings (SSSR count). The second-order valence-corrected chi connectivity index (χ2v) is 6.61. The van der Waals surface area contributed by atoms with Gasteiger partial charge >= 0.3 is 0 Å². The van der Waals surface area contributed by atoms with Crippen molar-refractivity contribution in [1.82, 2.24) is 9.80 Å². The smallest absolute Gasteiger partial charge is 0.263 e. The van der Waals surface area contributed by atoms with E-state index < -0.39 is 6.04 Å². The Bertz CT molecular complexity index is 771. The number of nitrogens with zero attached hydrogens (tertiary/aromatic N) is 3. The van der Waals surface area contributed by atoms with E-state index in [0.717, 1.165) is 12.1 Å². The molecule has 0 radical (unpaired) electrons. The number of piperidine rings is 1. The first-order valence-electron chi connectivity index (χ1n) is 8.50. The van der Waals surface area contributed by atoms with Crippen LogP contribution >= 0.6 is 0 Å². The second-order valence-electron chi connectivity index (χ2n) is 6.61. The van der Waals surface area contributed by atoms with E-state index in [9.17, 15) is 9.59 Å². The first-order chi connectivity index (χ1) is 11.9. The predicted octanol–water partition coefficient (Wildman–Crippen LogP) is 1.91. The van der Waals surface area contributed by atoms with E-state index in [2.05, 4.69) is 0 Å². The number of likely N-dealkylation sites (tertiary alicyclic amines) is 1. The number of fused-ring (bicyclic) bond motifs is 1. The molecule has 25 heavy (non-hydrogen) atoms. The molecule has 1 atom stereocenters. The van der Waals surface area contributed by atoms with Crippen LogP contribution in [-0.2, 0) is 4.79 Å². The first kappa shape index (κ1) is 17.1. The standard InChI is InChI=1S/C18H23N5O2/c1-4-10-22-14(19)9-8-13(17(22)24)23-16(20)11-6-5-7-12(21(2)3)15(11)18(23)25/h5-7,13,19-20H,4,8-10H2,1-3H3. The molecule has 1 unspecified atom stereocenters. The minimum atomic E-state index is -0.705. The van der Waals surface area contributed by atoms with Crippen LogP contribution in [0.1, 0.15) is 42.1 Å². The zero-order valence-electron chi connectivity index (χ0n) is 14.8. The largest absolute Gasteiger partial charge is 0.377 e. The highest BCUT2D eigenvalue weighted by molar-refractivity contribution is 6.26. The molecule has 1 aromatic rings. The molecule has 0 bridgehead atoms. The number of carbonyl (C=O) groups excluding carboxylic acids is 2. The van der Waals surface area contributed by atoms with E-state index in [1.807, 2.05) is 38.1 Å². The van der Waals surface area contributed by atoms with E-state index in [0.29, 0.717) is 36.3 Å². The van der Waals surface area contributed by atoms with Crippen molar-refractivity contribution in [1.29, 1.82) is 10.8 Å². The van der Waals surface area contributed by atoms with Gasteiger partial charge in [-0.2, -0.15) is 0 Å². The van der Waals surface area contributed by atoms with Crippen LogP contribution in [0, 0.1) is 10.8 Å². The SMILES string of the molecule is CCCN1C(=N)CCC(N2C(=N)c3cccc(N(C)C)c3C2=O)C1=O. The fraction of sp³-hybridized carbons (Fsp3) is 0.444. The number of carbonyl (C=O) groups is 2. The lowest BCUT2D eigenvalue weighted by atomic mass is 10.0. The van der Waals surface area contributed by atoms with E-state index in [-0.39, 0.29) is 17.6 Å². The maximum absolute atomic E-state index is 13.1. The number of hydrogen-bond acceptors (Lipinski definition) is 5. The molecule has 1 aromatic carbocycles. The molecular formula is C18H23N5O2. The van der Waals surface area contributed by atoms with Gasteiger partial charge in [0.2, 0.25) is 0 Å². The van der Waals surface area contributed by atoms with Gasteiger partial charge in [0.15, 0.2) is 0 Å². The van der Waals surface area contributed by atoms with Gasteiger partial charge in [0.1, 0.15) is 17.7 Å². The highest BCUT2D eigenvalue weighted by Crippen LogP contribution is 2.34. The monoisotopic (exact) mass is 341 g/mol. The summed E-state index contributed by atoms with van der Waals surface area (Å²) in [5, 5.41) is 16.5. The van der Waals surface area contributed by atoms with Crippen LogP contribution in [0.5, 0.6) is 0 Å². The van der Waals surface area contributed by atoms with Gasteiger partial charge in [0.05, 0.1) is 5.56 Å². The van der Waals surface area contributed by atoms with Crippen molar-refractivity contribution in [2.45, 2.75) is 32.2 Å². The van der Waals surface area contributed by atoms with Gasteiger partial charge in [-0.15, -0.1) is 0 Å². The van der Waals surface area contributed by atoms with Crippen LogP contribution in [-0.4, -0.2) is 60.0 Å². The van der Waals surface area contributed by atoms with E-state index in [4.69, 9.17) is 10.8 Å².